The quantitative estimate of drug-likeness (QED) is 0.0547. The summed E-state index contributed by atoms with van der Waals surface area (Å²) in [6, 6.07) is -0.840. The number of imide groups is 1. The van der Waals surface area contributed by atoms with Crippen molar-refractivity contribution >= 4 is 24.4 Å². The minimum absolute atomic E-state index is 0.0260. The van der Waals surface area contributed by atoms with Gasteiger partial charge in [-0.25, -0.2) is 9.59 Å². The van der Waals surface area contributed by atoms with Gasteiger partial charge in [-0.15, -0.1) is 0 Å². The van der Waals surface area contributed by atoms with Gasteiger partial charge in [-0.2, -0.15) is 0 Å². The molecule has 0 aromatic rings. The lowest BCUT2D eigenvalue weighted by atomic mass is 10.0. The first-order chi connectivity index (χ1) is 18.1. The van der Waals surface area contributed by atoms with Gasteiger partial charge < -0.3 is 25.6 Å². The normalized spacial score (nSPS) is 13.7. The average Bonchev–Trinajstić information content (AvgIpc) is 2.82. The van der Waals surface area contributed by atoms with Gasteiger partial charge in [0, 0.05) is 0 Å². The van der Waals surface area contributed by atoms with Crippen LogP contribution in [0.1, 0.15) is 118 Å². The number of aldehydes is 1. The van der Waals surface area contributed by atoms with E-state index in [1.165, 1.54) is 51.4 Å². The predicted octanol–water partition coefficient (Wildman–Crippen LogP) is 5.26. The van der Waals surface area contributed by atoms with Gasteiger partial charge in [0.2, 0.25) is 5.91 Å². The van der Waals surface area contributed by atoms with Gasteiger partial charge >= 0.3 is 12.2 Å². The SMILES string of the molecule is CC(C)C(C=O)NCCCCCCCCCCCCCCCC(NC(=O)O)N[C@H](C(=O)NC(=O)O)C(C)C. The largest absolute Gasteiger partial charge is 0.465 e. The fraction of sp³-hybridized carbons (Fsp3) is 0.857. The maximum absolute atomic E-state index is 12.1. The minimum Gasteiger partial charge on any atom is -0.465 e. The van der Waals surface area contributed by atoms with Crippen molar-refractivity contribution in [2.45, 2.75) is 136 Å². The van der Waals surface area contributed by atoms with Crippen LogP contribution in [0.5, 0.6) is 0 Å². The summed E-state index contributed by atoms with van der Waals surface area (Å²) in [4.78, 5) is 45.1. The highest BCUT2D eigenvalue weighted by Crippen LogP contribution is 2.14. The van der Waals surface area contributed by atoms with Crippen LogP contribution in [0, 0.1) is 11.8 Å². The first-order valence-electron chi connectivity index (χ1n) is 14.6. The van der Waals surface area contributed by atoms with Crippen molar-refractivity contribution in [2.75, 3.05) is 6.54 Å². The van der Waals surface area contributed by atoms with E-state index in [1.54, 1.807) is 13.8 Å². The molecule has 0 bridgehead atoms. The van der Waals surface area contributed by atoms with Crippen LogP contribution in [-0.4, -0.2) is 59.4 Å². The van der Waals surface area contributed by atoms with Crippen molar-refractivity contribution in [1.82, 2.24) is 21.3 Å². The van der Waals surface area contributed by atoms with Gasteiger partial charge in [0.05, 0.1) is 18.2 Å². The van der Waals surface area contributed by atoms with E-state index in [2.05, 4.69) is 29.8 Å². The van der Waals surface area contributed by atoms with Crippen LogP contribution >= 0.6 is 0 Å². The third-order valence-electron chi connectivity index (χ3n) is 6.77. The highest BCUT2D eigenvalue weighted by atomic mass is 16.4. The van der Waals surface area contributed by atoms with E-state index in [-0.39, 0.29) is 12.0 Å². The smallest absolute Gasteiger partial charge is 0.411 e. The summed E-state index contributed by atoms with van der Waals surface area (Å²) >= 11 is 0. The molecule has 6 N–H and O–H groups in total. The molecule has 0 saturated carbocycles. The zero-order valence-corrected chi connectivity index (χ0v) is 24.1. The average molecular weight is 543 g/mol. The van der Waals surface area contributed by atoms with Crippen molar-refractivity contribution in [3.05, 3.63) is 0 Å². The Bertz CT molecular complexity index is 659. The third kappa shape index (κ3) is 19.9. The van der Waals surface area contributed by atoms with Crippen molar-refractivity contribution in [3.63, 3.8) is 0 Å². The van der Waals surface area contributed by atoms with Gasteiger partial charge in [-0.05, 0) is 31.2 Å². The number of carbonyl (C=O) groups excluding carboxylic acids is 2. The Morgan fingerprint density at radius 1 is 0.684 bits per heavy atom. The number of hydrogen-bond donors (Lipinski definition) is 6. The molecule has 222 valence electrons. The number of carbonyl (C=O) groups is 4. The molecule has 2 unspecified atom stereocenters. The number of rotatable bonds is 24. The topological polar surface area (TPSA) is 157 Å². The molecule has 0 aromatic carbocycles. The molecule has 0 fully saturated rings. The highest BCUT2D eigenvalue weighted by Gasteiger charge is 2.27. The zero-order valence-electron chi connectivity index (χ0n) is 24.1. The molecule has 3 amide bonds. The Kier molecular flexibility index (Phi) is 21.4. The lowest BCUT2D eigenvalue weighted by molar-refractivity contribution is -0.123. The molecule has 0 aliphatic heterocycles. The predicted molar refractivity (Wildman–Crippen MR) is 150 cm³/mol. The van der Waals surface area contributed by atoms with Gasteiger partial charge in [0.15, 0.2) is 0 Å². The molecular formula is C28H54N4O6. The van der Waals surface area contributed by atoms with Crippen molar-refractivity contribution in [1.29, 1.82) is 0 Å². The Labute approximate surface area is 229 Å². The highest BCUT2D eigenvalue weighted by molar-refractivity contribution is 5.94. The molecule has 10 heteroatoms. The van der Waals surface area contributed by atoms with E-state index in [9.17, 15) is 19.2 Å². The zero-order chi connectivity index (χ0) is 28.8. The second-order valence-electron chi connectivity index (χ2n) is 10.9. The van der Waals surface area contributed by atoms with E-state index in [4.69, 9.17) is 10.2 Å². The number of nitrogens with one attached hydrogen (secondary N) is 4. The summed E-state index contributed by atoms with van der Waals surface area (Å²) in [7, 11) is 0. The molecule has 0 spiro atoms. The minimum atomic E-state index is -1.43. The monoisotopic (exact) mass is 542 g/mol. The van der Waals surface area contributed by atoms with E-state index in [0.29, 0.717) is 12.3 Å². The Hall–Kier alpha value is -2.20. The van der Waals surface area contributed by atoms with Crippen LogP contribution in [0.3, 0.4) is 0 Å². The van der Waals surface area contributed by atoms with Crippen LogP contribution in [0.2, 0.25) is 0 Å². The molecule has 0 aliphatic carbocycles. The fourth-order valence-electron chi connectivity index (χ4n) is 4.44. The molecule has 10 nitrogen and oxygen atoms in total. The summed E-state index contributed by atoms with van der Waals surface area (Å²) in [6.45, 7) is 8.58. The van der Waals surface area contributed by atoms with Gasteiger partial charge in [-0.3, -0.25) is 15.4 Å². The second kappa shape index (κ2) is 22.8. The number of carboxylic acid groups (broad SMARTS) is 2. The fourth-order valence-corrected chi connectivity index (χ4v) is 4.44. The molecule has 0 saturated heterocycles. The van der Waals surface area contributed by atoms with E-state index in [1.807, 2.05) is 5.32 Å². The van der Waals surface area contributed by atoms with Crippen LogP contribution < -0.4 is 21.3 Å². The first kappa shape index (κ1) is 35.8. The first-order valence-corrected chi connectivity index (χ1v) is 14.6. The summed E-state index contributed by atoms with van der Waals surface area (Å²) in [5.74, 6) is -0.551. The van der Waals surface area contributed by atoms with Crippen molar-refractivity contribution in [2.24, 2.45) is 11.8 Å². The number of hydrogen-bond acceptors (Lipinski definition) is 6. The summed E-state index contributed by atoms with van der Waals surface area (Å²) < 4.78 is 0. The molecule has 38 heavy (non-hydrogen) atoms. The third-order valence-corrected chi connectivity index (χ3v) is 6.77. The standard InChI is InChI=1S/C28H54N4O6/c1-21(2)23(20-33)29-19-17-15-13-11-9-7-5-6-8-10-12-14-16-18-24(31-27(35)36)30-25(22(3)4)26(34)32-28(37)38/h20-25,29-31H,5-19H2,1-4H3,(H,32,34)(H,35,36)(H,37,38)/t23?,24?,25-/m0/s1. The van der Waals surface area contributed by atoms with Crippen molar-refractivity contribution < 1.29 is 29.4 Å². The molecule has 3 atom stereocenters. The summed E-state index contributed by atoms with van der Waals surface area (Å²) in [6.07, 6.45) is 13.5. The lowest BCUT2D eigenvalue weighted by Crippen LogP contribution is -2.56. The van der Waals surface area contributed by atoms with Crippen molar-refractivity contribution in [3.8, 4) is 0 Å². The van der Waals surface area contributed by atoms with Gasteiger partial charge in [0.25, 0.3) is 0 Å². The van der Waals surface area contributed by atoms with Crippen LogP contribution in [0.15, 0.2) is 0 Å². The van der Waals surface area contributed by atoms with Crippen LogP contribution in [0.4, 0.5) is 9.59 Å². The Morgan fingerprint density at radius 2 is 1.16 bits per heavy atom. The molecular weight excluding hydrogens is 488 g/mol. The second-order valence-corrected chi connectivity index (χ2v) is 10.9. The van der Waals surface area contributed by atoms with E-state index in [0.717, 1.165) is 44.9 Å². The van der Waals surface area contributed by atoms with E-state index < -0.39 is 30.3 Å². The Morgan fingerprint density at radius 3 is 1.55 bits per heavy atom. The summed E-state index contributed by atoms with van der Waals surface area (Å²) in [5.41, 5.74) is 0. The summed E-state index contributed by atoms with van der Waals surface area (Å²) in [5, 5.41) is 28.4. The number of amides is 3. The van der Waals surface area contributed by atoms with Gasteiger partial charge in [0.1, 0.15) is 6.29 Å². The van der Waals surface area contributed by atoms with Crippen LogP contribution in [-0.2, 0) is 9.59 Å². The maximum atomic E-state index is 12.1. The molecule has 0 radical (unpaired) electrons. The van der Waals surface area contributed by atoms with Gasteiger partial charge in [-0.1, -0.05) is 105 Å². The Balaban J connectivity index is 3.85. The molecule has 0 aromatic heterocycles. The molecule has 0 heterocycles. The number of unbranched alkanes of at least 4 members (excludes halogenated alkanes) is 12. The molecule has 0 rings (SSSR count). The maximum Gasteiger partial charge on any atom is 0.411 e. The lowest BCUT2D eigenvalue weighted by Gasteiger charge is -2.27. The van der Waals surface area contributed by atoms with Crippen LogP contribution in [0.25, 0.3) is 0 Å². The molecule has 0 aliphatic rings. The van der Waals surface area contributed by atoms with E-state index >= 15 is 0 Å².